The molecular weight excluding hydrogens is 402 g/mol. The molecule has 3 fully saturated rings. The van der Waals surface area contributed by atoms with Crippen LogP contribution in [0, 0.1) is 13.8 Å². The second-order valence-electron chi connectivity index (χ2n) is 8.58. The van der Waals surface area contributed by atoms with Crippen LogP contribution in [0.3, 0.4) is 0 Å². The maximum Gasteiger partial charge on any atom is 0.221 e. The number of ether oxygens (including phenoxy) is 1. The number of hydrogen-bond acceptors (Lipinski definition) is 7. The lowest BCUT2D eigenvalue weighted by molar-refractivity contribution is 0.0910. The van der Waals surface area contributed by atoms with Crippen molar-refractivity contribution in [3.8, 4) is 5.88 Å². The van der Waals surface area contributed by atoms with E-state index in [-0.39, 0.29) is 23.4 Å². The lowest BCUT2D eigenvalue weighted by atomic mass is 10.0. The Kier molecular flexibility index (Phi) is 4.89. The molecule has 9 heteroatoms. The summed E-state index contributed by atoms with van der Waals surface area (Å²) in [5.41, 5.74) is 2.61. The molecule has 2 saturated heterocycles. The van der Waals surface area contributed by atoms with E-state index in [1.165, 1.54) is 6.33 Å². The fraction of sp³-hybridized carbons (Fsp3) is 0.571. The van der Waals surface area contributed by atoms with E-state index in [4.69, 9.17) is 4.74 Å². The first kappa shape index (κ1) is 19.7. The van der Waals surface area contributed by atoms with E-state index in [0.717, 1.165) is 55.5 Å². The number of anilines is 2. The van der Waals surface area contributed by atoms with E-state index in [9.17, 15) is 8.42 Å². The van der Waals surface area contributed by atoms with Crippen LogP contribution in [-0.4, -0.2) is 51.1 Å². The molecule has 1 N–H and O–H groups in total. The van der Waals surface area contributed by atoms with Crippen molar-refractivity contribution in [3.05, 3.63) is 35.9 Å². The molecule has 0 radical (unpaired) electrons. The zero-order valence-electron chi connectivity index (χ0n) is 17.3. The largest absolute Gasteiger partial charge is 0.474 e. The van der Waals surface area contributed by atoms with Gasteiger partial charge < -0.3 is 10.1 Å². The Morgan fingerprint density at radius 3 is 2.47 bits per heavy atom. The monoisotopic (exact) mass is 429 g/mol. The van der Waals surface area contributed by atoms with Crippen molar-refractivity contribution in [2.45, 2.75) is 75.8 Å². The lowest BCUT2D eigenvalue weighted by Gasteiger charge is -2.37. The van der Waals surface area contributed by atoms with Gasteiger partial charge in [0.05, 0.1) is 22.2 Å². The predicted octanol–water partition coefficient (Wildman–Crippen LogP) is 3.10. The highest BCUT2D eigenvalue weighted by Gasteiger charge is 2.52. The third-order valence-corrected chi connectivity index (χ3v) is 8.94. The van der Waals surface area contributed by atoms with Gasteiger partial charge >= 0.3 is 0 Å². The summed E-state index contributed by atoms with van der Waals surface area (Å²) in [5.74, 6) is 1.24. The number of rotatable bonds is 6. The molecule has 2 aliphatic heterocycles. The zero-order chi connectivity index (χ0) is 20.9. The van der Waals surface area contributed by atoms with E-state index in [1.807, 2.05) is 30.3 Å². The lowest BCUT2D eigenvalue weighted by Crippen LogP contribution is -2.50. The number of piperidine rings is 1. The number of sulfonamides is 1. The van der Waals surface area contributed by atoms with Crippen LogP contribution in [0.15, 0.2) is 24.7 Å². The van der Waals surface area contributed by atoms with E-state index in [1.54, 1.807) is 6.20 Å². The van der Waals surface area contributed by atoms with Gasteiger partial charge in [-0.25, -0.2) is 18.4 Å². The van der Waals surface area contributed by atoms with Crippen molar-refractivity contribution in [2.24, 2.45) is 0 Å². The topological polar surface area (TPSA) is 97.3 Å². The fourth-order valence-electron chi connectivity index (χ4n) is 4.71. The quantitative estimate of drug-likeness (QED) is 0.753. The summed E-state index contributed by atoms with van der Waals surface area (Å²) in [6.45, 7) is 3.88. The van der Waals surface area contributed by atoms with Crippen LogP contribution in [0.25, 0.3) is 0 Å². The van der Waals surface area contributed by atoms with Gasteiger partial charge in [0.25, 0.3) is 0 Å². The normalized spacial score (nSPS) is 26.5. The number of nitrogens with one attached hydrogen (secondary N) is 1. The third kappa shape index (κ3) is 3.54. The van der Waals surface area contributed by atoms with Crippen LogP contribution in [0.2, 0.25) is 0 Å². The highest BCUT2D eigenvalue weighted by atomic mass is 32.2. The summed E-state index contributed by atoms with van der Waals surface area (Å²) < 4.78 is 33.7. The van der Waals surface area contributed by atoms with Crippen LogP contribution < -0.4 is 10.1 Å². The van der Waals surface area contributed by atoms with Gasteiger partial charge in [-0.2, -0.15) is 4.31 Å². The van der Waals surface area contributed by atoms with Crippen LogP contribution in [0.5, 0.6) is 5.88 Å². The van der Waals surface area contributed by atoms with Crippen LogP contribution in [0.4, 0.5) is 11.5 Å². The Labute approximate surface area is 177 Å². The molecule has 0 unspecified atom stereocenters. The Hall–Kier alpha value is -2.26. The van der Waals surface area contributed by atoms with Crippen molar-refractivity contribution in [2.75, 3.05) is 5.32 Å². The molecule has 2 atom stereocenters. The van der Waals surface area contributed by atoms with Gasteiger partial charge in [-0.1, -0.05) is 0 Å². The number of pyridine rings is 1. The highest BCUT2D eigenvalue weighted by Crippen LogP contribution is 2.43. The molecule has 0 amide bonds. The molecular formula is C21H27N5O3S. The molecule has 4 heterocycles. The van der Waals surface area contributed by atoms with E-state index in [0.29, 0.717) is 11.7 Å². The van der Waals surface area contributed by atoms with Crippen LogP contribution in [-0.2, 0) is 10.0 Å². The fourth-order valence-corrected chi connectivity index (χ4v) is 7.00. The van der Waals surface area contributed by atoms with Gasteiger partial charge in [-0.3, -0.25) is 4.98 Å². The second kappa shape index (κ2) is 7.46. The average Bonchev–Trinajstić information content (AvgIpc) is 3.53. The van der Waals surface area contributed by atoms with Crippen molar-refractivity contribution in [1.29, 1.82) is 0 Å². The number of fused-ring (bicyclic) bond motifs is 2. The number of nitrogens with zero attached hydrogens (tertiary/aromatic N) is 4. The molecule has 160 valence electrons. The van der Waals surface area contributed by atoms with Gasteiger partial charge in [0.2, 0.25) is 15.9 Å². The van der Waals surface area contributed by atoms with Gasteiger partial charge in [0.1, 0.15) is 18.2 Å². The SMILES string of the molecule is Cc1ncccc1Nc1ncnc(OC2C[C@@H]3CC[C@@H](C2)N3S(=O)(=O)C2CC2)c1C. The first-order chi connectivity index (χ1) is 14.4. The average molecular weight is 430 g/mol. The summed E-state index contributed by atoms with van der Waals surface area (Å²) in [4.78, 5) is 13.0. The van der Waals surface area contributed by atoms with Crippen molar-refractivity contribution in [3.63, 3.8) is 0 Å². The summed E-state index contributed by atoms with van der Waals surface area (Å²) in [6.07, 6.45) is 8.12. The minimum atomic E-state index is -3.14. The predicted molar refractivity (Wildman–Crippen MR) is 113 cm³/mol. The zero-order valence-corrected chi connectivity index (χ0v) is 18.1. The summed E-state index contributed by atoms with van der Waals surface area (Å²) >= 11 is 0. The Morgan fingerprint density at radius 1 is 1.07 bits per heavy atom. The molecule has 3 aliphatic rings. The van der Waals surface area contributed by atoms with Gasteiger partial charge in [0, 0.05) is 31.1 Å². The van der Waals surface area contributed by atoms with Crippen LogP contribution >= 0.6 is 0 Å². The van der Waals surface area contributed by atoms with Crippen molar-refractivity contribution in [1.82, 2.24) is 19.3 Å². The van der Waals surface area contributed by atoms with E-state index < -0.39 is 10.0 Å². The molecule has 2 aromatic heterocycles. The second-order valence-corrected chi connectivity index (χ2v) is 10.7. The number of aryl methyl sites for hydroxylation is 1. The van der Waals surface area contributed by atoms with E-state index in [2.05, 4.69) is 20.3 Å². The summed E-state index contributed by atoms with van der Waals surface area (Å²) in [6, 6.07) is 3.94. The first-order valence-corrected chi connectivity index (χ1v) is 12.1. The maximum absolute atomic E-state index is 12.8. The van der Waals surface area contributed by atoms with Crippen LogP contribution in [0.1, 0.15) is 49.8 Å². The maximum atomic E-state index is 12.8. The molecule has 1 aliphatic carbocycles. The van der Waals surface area contributed by atoms with E-state index >= 15 is 0 Å². The molecule has 2 aromatic rings. The third-order valence-electron chi connectivity index (χ3n) is 6.44. The molecule has 5 rings (SSSR count). The number of hydrogen-bond donors (Lipinski definition) is 1. The minimum absolute atomic E-state index is 0.0327. The van der Waals surface area contributed by atoms with Gasteiger partial charge in [0.15, 0.2) is 0 Å². The molecule has 2 bridgehead atoms. The molecule has 0 spiro atoms. The summed E-state index contributed by atoms with van der Waals surface area (Å²) in [7, 11) is -3.14. The van der Waals surface area contributed by atoms with Crippen molar-refractivity contribution >= 4 is 21.5 Å². The molecule has 8 nitrogen and oxygen atoms in total. The first-order valence-electron chi connectivity index (χ1n) is 10.6. The van der Waals surface area contributed by atoms with Gasteiger partial charge in [-0.15, -0.1) is 0 Å². The minimum Gasteiger partial charge on any atom is -0.474 e. The number of aromatic nitrogens is 3. The molecule has 30 heavy (non-hydrogen) atoms. The van der Waals surface area contributed by atoms with Gasteiger partial charge in [-0.05, 0) is 51.7 Å². The molecule has 0 aromatic carbocycles. The highest BCUT2D eigenvalue weighted by molar-refractivity contribution is 7.90. The smallest absolute Gasteiger partial charge is 0.221 e. The summed E-state index contributed by atoms with van der Waals surface area (Å²) in [5, 5.41) is 3.17. The Balaban J connectivity index is 1.31. The Morgan fingerprint density at radius 2 is 1.80 bits per heavy atom. The van der Waals surface area contributed by atoms with Crippen molar-refractivity contribution < 1.29 is 13.2 Å². The standard InChI is InChI=1S/C21H27N5O3S/c1-13-20(25-19-4-3-9-22-14(19)2)23-12-24-21(13)29-17-10-15-5-6-16(11-17)26(15)30(27,28)18-7-8-18/h3-4,9,12,15-18H,5-8,10-11H2,1-2H3,(H,23,24,25)/t15-,16-/m0/s1. The Bertz CT molecular complexity index is 1040. The molecule has 1 saturated carbocycles.